The summed E-state index contributed by atoms with van der Waals surface area (Å²) in [6.07, 6.45) is 3.68. The molecule has 0 radical (unpaired) electrons. The summed E-state index contributed by atoms with van der Waals surface area (Å²) in [4.78, 5) is 3.92. The molecular weight excluding hydrogens is 204 g/mol. The Morgan fingerprint density at radius 2 is 2.33 bits per heavy atom. The monoisotopic (exact) mass is 224 g/mol. The van der Waals surface area contributed by atoms with Gasteiger partial charge in [0.25, 0.3) is 0 Å². The van der Waals surface area contributed by atoms with Crippen molar-refractivity contribution in [1.82, 2.24) is 4.90 Å². The zero-order valence-electron chi connectivity index (χ0n) is 9.57. The third kappa shape index (κ3) is 2.25. The van der Waals surface area contributed by atoms with Gasteiger partial charge in [-0.15, -0.1) is 11.3 Å². The Bertz CT molecular complexity index is 319. The van der Waals surface area contributed by atoms with Gasteiger partial charge < -0.3 is 10.6 Å². The molecule has 0 amide bonds. The Morgan fingerprint density at radius 1 is 1.53 bits per heavy atom. The first-order chi connectivity index (χ1) is 7.22. The van der Waals surface area contributed by atoms with Crippen LogP contribution in [0, 0.1) is 5.92 Å². The van der Waals surface area contributed by atoms with Gasteiger partial charge in [-0.05, 0) is 62.8 Å². The van der Waals surface area contributed by atoms with Crippen LogP contribution < -0.4 is 5.73 Å². The van der Waals surface area contributed by atoms with Crippen LogP contribution in [0.15, 0.2) is 11.4 Å². The number of hydrogen-bond acceptors (Lipinski definition) is 3. The predicted molar refractivity (Wildman–Crippen MR) is 66.2 cm³/mol. The summed E-state index contributed by atoms with van der Waals surface area (Å²) in [5.41, 5.74) is 7.22. The maximum atomic E-state index is 5.67. The van der Waals surface area contributed by atoms with Gasteiger partial charge in [0.2, 0.25) is 0 Å². The first kappa shape index (κ1) is 11.1. The third-order valence-electron chi connectivity index (χ3n) is 3.37. The molecule has 2 nitrogen and oxygen atoms in total. The van der Waals surface area contributed by atoms with Crippen LogP contribution in [-0.2, 0) is 6.42 Å². The van der Waals surface area contributed by atoms with Crippen molar-refractivity contribution in [2.75, 3.05) is 20.6 Å². The highest BCUT2D eigenvalue weighted by molar-refractivity contribution is 7.10. The van der Waals surface area contributed by atoms with Crippen molar-refractivity contribution >= 4 is 11.3 Å². The van der Waals surface area contributed by atoms with Crippen LogP contribution in [0.25, 0.3) is 0 Å². The minimum Gasteiger partial charge on any atom is -0.330 e. The van der Waals surface area contributed by atoms with E-state index in [9.17, 15) is 0 Å². The van der Waals surface area contributed by atoms with Crippen molar-refractivity contribution in [1.29, 1.82) is 0 Å². The summed E-state index contributed by atoms with van der Waals surface area (Å²) in [5, 5.41) is 2.23. The molecule has 0 fully saturated rings. The average molecular weight is 224 g/mol. The quantitative estimate of drug-likeness (QED) is 0.853. The second-order valence-corrected chi connectivity index (χ2v) is 5.66. The molecular formula is C12H20N2S. The summed E-state index contributed by atoms with van der Waals surface area (Å²) in [7, 11) is 4.36. The van der Waals surface area contributed by atoms with E-state index in [-0.39, 0.29) is 0 Å². The molecule has 3 heteroatoms. The average Bonchev–Trinajstić information content (AvgIpc) is 2.64. The Hall–Kier alpha value is -0.380. The molecule has 15 heavy (non-hydrogen) atoms. The number of fused-ring (bicyclic) bond motifs is 1. The van der Waals surface area contributed by atoms with Crippen LogP contribution in [0.3, 0.4) is 0 Å². The Morgan fingerprint density at radius 3 is 3.00 bits per heavy atom. The van der Waals surface area contributed by atoms with E-state index in [1.165, 1.54) is 19.3 Å². The van der Waals surface area contributed by atoms with E-state index >= 15 is 0 Å². The van der Waals surface area contributed by atoms with E-state index in [2.05, 4.69) is 30.4 Å². The van der Waals surface area contributed by atoms with Crippen LogP contribution in [0.1, 0.15) is 29.3 Å². The molecule has 2 atom stereocenters. The normalized spacial score (nSPS) is 25.6. The fraction of sp³-hybridized carbons (Fsp3) is 0.667. The standard InChI is InChI=1S/C12H20N2S/c1-14(2)11-7-9(3-5-13)8-12-10(11)4-6-15-12/h4,6,9,11H,3,5,7-8,13H2,1-2H3. The van der Waals surface area contributed by atoms with E-state index in [0.29, 0.717) is 6.04 Å². The van der Waals surface area contributed by atoms with Gasteiger partial charge in [0.15, 0.2) is 0 Å². The lowest BCUT2D eigenvalue weighted by atomic mass is 9.83. The zero-order valence-corrected chi connectivity index (χ0v) is 10.4. The second-order valence-electron chi connectivity index (χ2n) is 4.66. The van der Waals surface area contributed by atoms with Crippen LogP contribution in [0.2, 0.25) is 0 Å². The lowest BCUT2D eigenvalue weighted by Crippen LogP contribution is -2.28. The van der Waals surface area contributed by atoms with E-state index in [0.717, 1.165) is 12.5 Å². The minimum atomic E-state index is 0.608. The maximum Gasteiger partial charge on any atom is 0.0355 e. The van der Waals surface area contributed by atoms with Crippen LogP contribution in [-0.4, -0.2) is 25.5 Å². The summed E-state index contributed by atoms with van der Waals surface area (Å²) in [5.74, 6) is 0.786. The van der Waals surface area contributed by atoms with E-state index in [1.807, 2.05) is 11.3 Å². The summed E-state index contributed by atoms with van der Waals surface area (Å²) in [6.45, 7) is 0.825. The highest BCUT2D eigenvalue weighted by Crippen LogP contribution is 2.39. The van der Waals surface area contributed by atoms with Crippen LogP contribution in [0.4, 0.5) is 0 Å². The predicted octanol–water partition coefficient (Wildman–Crippen LogP) is 2.26. The summed E-state index contributed by atoms with van der Waals surface area (Å²) in [6, 6.07) is 2.90. The van der Waals surface area contributed by atoms with Gasteiger partial charge >= 0.3 is 0 Å². The molecule has 1 aliphatic carbocycles. The molecule has 0 saturated carbocycles. The Kier molecular flexibility index (Phi) is 3.44. The molecule has 0 spiro atoms. The molecule has 84 valence electrons. The topological polar surface area (TPSA) is 29.3 Å². The van der Waals surface area contributed by atoms with Gasteiger partial charge in [-0.1, -0.05) is 0 Å². The third-order valence-corrected chi connectivity index (χ3v) is 4.33. The van der Waals surface area contributed by atoms with Crippen molar-refractivity contribution in [3.63, 3.8) is 0 Å². The first-order valence-electron chi connectivity index (χ1n) is 5.65. The number of rotatable bonds is 3. The fourth-order valence-electron chi connectivity index (χ4n) is 2.55. The first-order valence-corrected chi connectivity index (χ1v) is 6.53. The SMILES string of the molecule is CN(C)C1CC(CCN)Cc2sccc21. The highest BCUT2D eigenvalue weighted by atomic mass is 32.1. The van der Waals surface area contributed by atoms with E-state index in [1.54, 1.807) is 10.4 Å². The maximum absolute atomic E-state index is 5.67. The molecule has 1 aliphatic rings. The molecule has 2 N–H and O–H groups in total. The molecule has 0 aromatic carbocycles. The van der Waals surface area contributed by atoms with Gasteiger partial charge in [-0.25, -0.2) is 0 Å². The van der Waals surface area contributed by atoms with Gasteiger partial charge in [-0.3, -0.25) is 0 Å². The highest BCUT2D eigenvalue weighted by Gasteiger charge is 2.28. The van der Waals surface area contributed by atoms with Gasteiger partial charge in [0, 0.05) is 10.9 Å². The Balaban J connectivity index is 2.19. The number of nitrogens with zero attached hydrogens (tertiary/aromatic N) is 1. The largest absolute Gasteiger partial charge is 0.330 e. The van der Waals surface area contributed by atoms with E-state index in [4.69, 9.17) is 5.73 Å². The summed E-state index contributed by atoms with van der Waals surface area (Å²) >= 11 is 1.91. The van der Waals surface area contributed by atoms with Crippen LogP contribution in [0.5, 0.6) is 0 Å². The molecule has 1 heterocycles. The van der Waals surface area contributed by atoms with Crippen molar-refractivity contribution in [3.05, 3.63) is 21.9 Å². The molecule has 0 saturated heterocycles. The van der Waals surface area contributed by atoms with Gasteiger partial charge in [0.05, 0.1) is 0 Å². The number of nitrogens with two attached hydrogens (primary N) is 1. The van der Waals surface area contributed by atoms with Crippen molar-refractivity contribution in [2.45, 2.75) is 25.3 Å². The molecule has 2 unspecified atom stereocenters. The molecule has 1 aromatic heterocycles. The molecule has 0 bridgehead atoms. The van der Waals surface area contributed by atoms with Gasteiger partial charge in [-0.2, -0.15) is 0 Å². The lowest BCUT2D eigenvalue weighted by molar-refractivity contribution is 0.228. The molecule has 0 aliphatic heterocycles. The smallest absolute Gasteiger partial charge is 0.0355 e. The second kappa shape index (κ2) is 4.64. The van der Waals surface area contributed by atoms with Crippen LogP contribution >= 0.6 is 11.3 Å². The lowest BCUT2D eigenvalue weighted by Gasteiger charge is -2.33. The summed E-state index contributed by atoms with van der Waals surface area (Å²) < 4.78 is 0. The number of hydrogen-bond donors (Lipinski definition) is 1. The van der Waals surface area contributed by atoms with Crippen molar-refractivity contribution in [2.24, 2.45) is 11.7 Å². The molecule has 2 rings (SSSR count). The van der Waals surface area contributed by atoms with Gasteiger partial charge in [0.1, 0.15) is 0 Å². The fourth-order valence-corrected chi connectivity index (χ4v) is 3.60. The minimum absolute atomic E-state index is 0.608. The zero-order chi connectivity index (χ0) is 10.8. The number of thiophene rings is 1. The van der Waals surface area contributed by atoms with Crippen molar-refractivity contribution < 1.29 is 0 Å². The molecule has 1 aromatic rings. The van der Waals surface area contributed by atoms with Crippen molar-refractivity contribution in [3.8, 4) is 0 Å². The Labute approximate surface area is 96.1 Å². The van der Waals surface area contributed by atoms with E-state index < -0.39 is 0 Å².